The molecule has 21 heavy (non-hydrogen) atoms. The van der Waals surface area contributed by atoms with Gasteiger partial charge in [-0.15, -0.1) is 0 Å². The van der Waals surface area contributed by atoms with Gasteiger partial charge in [-0.2, -0.15) is 4.98 Å². The number of carbonyl (C=O) groups excluding carboxylic acids is 1. The molecule has 2 aromatic rings. The van der Waals surface area contributed by atoms with Gasteiger partial charge in [0.1, 0.15) is 0 Å². The van der Waals surface area contributed by atoms with E-state index in [1.165, 1.54) is 11.1 Å². The van der Waals surface area contributed by atoms with Gasteiger partial charge in [0.05, 0.1) is 6.04 Å². The summed E-state index contributed by atoms with van der Waals surface area (Å²) in [5.74, 6) is 1.52. The number of fused-ring (bicyclic) bond motifs is 1. The number of aromatic nitrogens is 2. The zero-order valence-electron chi connectivity index (χ0n) is 12.5. The molecule has 1 heterocycles. The Bertz CT molecular complexity index is 676. The van der Waals surface area contributed by atoms with Crippen LogP contribution in [0.3, 0.4) is 0 Å². The van der Waals surface area contributed by atoms with Crippen molar-refractivity contribution >= 4 is 5.91 Å². The molecule has 1 N–H and O–H groups in total. The lowest BCUT2D eigenvalue weighted by molar-refractivity contribution is -0.119. The lowest BCUT2D eigenvalue weighted by atomic mass is 10.0. The van der Waals surface area contributed by atoms with Gasteiger partial charge < -0.3 is 9.84 Å². The summed E-state index contributed by atoms with van der Waals surface area (Å²) in [6, 6.07) is 6.28. The van der Waals surface area contributed by atoms with Crippen molar-refractivity contribution in [3.63, 3.8) is 0 Å². The van der Waals surface area contributed by atoms with E-state index in [0.717, 1.165) is 18.4 Å². The molecule has 0 bridgehead atoms. The van der Waals surface area contributed by atoms with Crippen molar-refractivity contribution in [1.29, 1.82) is 0 Å². The highest BCUT2D eigenvalue weighted by molar-refractivity contribution is 5.73. The highest BCUT2D eigenvalue weighted by Gasteiger charge is 2.24. The summed E-state index contributed by atoms with van der Waals surface area (Å²) in [7, 11) is 0. The molecule has 0 spiro atoms. The second-order valence-electron chi connectivity index (χ2n) is 5.82. The lowest BCUT2D eigenvalue weighted by Crippen LogP contribution is -2.24. The Morgan fingerprint density at radius 2 is 2.24 bits per heavy atom. The van der Waals surface area contributed by atoms with Crippen LogP contribution in [-0.2, 0) is 11.2 Å². The van der Waals surface area contributed by atoms with E-state index in [1.54, 1.807) is 6.92 Å². The maximum Gasteiger partial charge on any atom is 0.229 e. The maximum absolute atomic E-state index is 11.2. The van der Waals surface area contributed by atoms with Crippen LogP contribution in [0.1, 0.15) is 56.2 Å². The summed E-state index contributed by atoms with van der Waals surface area (Å²) < 4.78 is 5.26. The monoisotopic (exact) mass is 285 g/mol. The molecule has 1 amide bonds. The third-order valence-corrected chi connectivity index (χ3v) is 3.79. The standard InChI is InChI=1S/C16H19N3O2/c1-9(2)16-18-15(19-21-16)12-4-6-13-11(8-12)5-7-14(13)17-10(3)20/h4,6,8-9,14H,5,7H2,1-3H3,(H,17,20). The number of carbonyl (C=O) groups is 1. The van der Waals surface area contributed by atoms with E-state index < -0.39 is 0 Å². The van der Waals surface area contributed by atoms with Crippen molar-refractivity contribution in [2.24, 2.45) is 0 Å². The molecular weight excluding hydrogens is 266 g/mol. The molecule has 0 aliphatic heterocycles. The fraction of sp³-hybridized carbons (Fsp3) is 0.438. The molecule has 3 rings (SSSR count). The van der Waals surface area contributed by atoms with Gasteiger partial charge in [-0.05, 0) is 30.0 Å². The normalized spacial score (nSPS) is 17.0. The average molecular weight is 285 g/mol. The zero-order valence-corrected chi connectivity index (χ0v) is 12.5. The number of rotatable bonds is 3. The first-order valence-electron chi connectivity index (χ1n) is 7.28. The number of hydrogen-bond donors (Lipinski definition) is 1. The molecule has 1 aromatic heterocycles. The molecule has 1 aliphatic rings. The van der Waals surface area contributed by atoms with Crippen molar-refractivity contribution in [3.05, 3.63) is 35.2 Å². The number of nitrogens with one attached hydrogen (secondary N) is 1. The lowest BCUT2D eigenvalue weighted by Gasteiger charge is -2.12. The smallest absolute Gasteiger partial charge is 0.229 e. The summed E-state index contributed by atoms with van der Waals surface area (Å²) in [5, 5.41) is 7.03. The fourth-order valence-electron chi connectivity index (χ4n) is 2.74. The summed E-state index contributed by atoms with van der Waals surface area (Å²) in [6.07, 6.45) is 1.91. The fourth-order valence-corrected chi connectivity index (χ4v) is 2.74. The molecule has 5 heteroatoms. The van der Waals surface area contributed by atoms with Crippen LogP contribution in [0, 0.1) is 0 Å². The predicted octanol–water partition coefficient (Wildman–Crippen LogP) is 2.98. The molecular formula is C16H19N3O2. The topological polar surface area (TPSA) is 68.0 Å². The molecule has 5 nitrogen and oxygen atoms in total. The largest absolute Gasteiger partial charge is 0.350 e. The van der Waals surface area contributed by atoms with E-state index >= 15 is 0 Å². The van der Waals surface area contributed by atoms with Crippen molar-refractivity contribution in [3.8, 4) is 11.4 Å². The van der Waals surface area contributed by atoms with E-state index in [9.17, 15) is 4.79 Å². The Labute approximate surface area is 123 Å². The SMILES string of the molecule is CC(=O)NC1CCc2cc(-c3noc(C(C)C)n3)ccc21. The van der Waals surface area contributed by atoms with Gasteiger partial charge >= 0.3 is 0 Å². The Morgan fingerprint density at radius 1 is 1.43 bits per heavy atom. The van der Waals surface area contributed by atoms with Crippen molar-refractivity contribution in [1.82, 2.24) is 15.5 Å². The van der Waals surface area contributed by atoms with E-state index in [-0.39, 0.29) is 17.9 Å². The van der Waals surface area contributed by atoms with E-state index in [2.05, 4.69) is 27.6 Å². The Hall–Kier alpha value is -2.17. The second-order valence-corrected chi connectivity index (χ2v) is 5.82. The minimum Gasteiger partial charge on any atom is -0.350 e. The van der Waals surface area contributed by atoms with Crippen LogP contribution in [0.25, 0.3) is 11.4 Å². The third-order valence-electron chi connectivity index (χ3n) is 3.79. The molecule has 0 radical (unpaired) electrons. The number of benzene rings is 1. The molecule has 0 saturated heterocycles. The molecule has 0 fully saturated rings. The Balaban J connectivity index is 1.88. The predicted molar refractivity (Wildman–Crippen MR) is 78.7 cm³/mol. The molecule has 1 aromatic carbocycles. The minimum atomic E-state index is 0.0108. The number of aryl methyl sites for hydroxylation is 1. The van der Waals surface area contributed by atoms with Crippen molar-refractivity contribution < 1.29 is 9.32 Å². The summed E-state index contributed by atoms with van der Waals surface area (Å²) >= 11 is 0. The average Bonchev–Trinajstić information content (AvgIpc) is 3.05. The molecule has 1 unspecified atom stereocenters. The van der Waals surface area contributed by atoms with Crippen LogP contribution >= 0.6 is 0 Å². The Kier molecular flexibility index (Phi) is 3.49. The quantitative estimate of drug-likeness (QED) is 0.941. The van der Waals surface area contributed by atoms with E-state index in [4.69, 9.17) is 4.52 Å². The van der Waals surface area contributed by atoms with Gasteiger partial charge in [0.25, 0.3) is 0 Å². The Morgan fingerprint density at radius 3 is 2.90 bits per heavy atom. The van der Waals surface area contributed by atoms with Gasteiger partial charge in [-0.25, -0.2) is 0 Å². The van der Waals surface area contributed by atoms with Crippen molar-refractivity contribution in [2.75, 3.05) is 0 Å². The highest BCUT2D eigenvalue weighted by Crippen LogP contribution is 2.33. The number of nitrogens with zero attached hydrogens (tertiary/aromatic N) is 2. The third kappa shape index (κ3) is 2.68. The number of hydrogen-bond acceptors (Lipinski definition) is 4. The van der Waals surface area contributed by atoms with Gasteiger partial charge in [0.2, 0.25) is 17.6 Å². The van der Waals surface area contributed by atoms with Gasteiger partial charge in [0, 0.05) is 18.4 Å². The van der Waals surface area contributed by atoms with E-state index in [0.29, 0.717) is 11.7 Å². The summed E-state index contributed by atoms with van der Waals surface area (Å²) in [5.41, 5.74) is 3.41. The van der Waals surface area contributed by atoms with Gasteiger partial charge in [-0.3, -0.25) is 4.79 Å². The summed E-state index contributed by atoms with van der Waals surface area (Å²) in [4.78, 5) is 15.6. The molecule has 1 atom stereocenters. The van der Waals surface area contributed by atoms with Crippen LogP contribution in [0.4, 0.5) is 0 Å². The van der Waals surface area contributed by atoms with Crippen LogP contribution in [0.2, 0.25) is 0 Å². The maximum atomic E-state index is 11.2. The molecule has 110 valence electrons. The van der Waals surface area contributed by atoms with Crippen LogP contribution < -0.4 is 5.32 Å². The first-order chi connectivity index (χ1) is 10.0. The highest BCUT2D eigenvalue weighted by atomic mass is 16.5. The van der Waals surface area contributed by atoms with Crippen molar-refractivity contribution in [2.45, 2.75) is 45.6 Å². The first-order valence-corrected chi connectivity index (χ1v) is 7.28. The zero-order chi connectivity index (χ0) is 15.0. The summed E-state index contributed by atoms with van der Waals surface area (Å²) in [6.45, 7) is 5.61. The number of amides is 1. The molecule has 1 aliphatic carbocycles. The van der Waals surface area contributed by atoms with Crippen LogP contribution in [-0.4, -0.2) is 16.0 Å². The second kappa shape index (κ2) is 5.31. The van der Waals surface area contributed by atoms with Crippen LogP contribution in [0.15, 0.2) is 22.7 Å². The van der Waals surface area contributed by atoms with Gasteiger partial charge in [-0.1, -0.05) is 31.1 Å². The molecule has 0 saturated carbocycles. The first kappa shape index (κ1) is 13.8. The minimum absolute atomic E-state index is 0.0108. The van der Waals surface area contributed by atoms with E-state index in [1.807, 2.05) is 19.9 Å². The van der Waals surface area contributed by atoms with Crippen LogP contribution in [0.5, 0.6) is 0 Å². The van der Waals surface area contributed by atoms with Gasteiger partial charge in [0.15, 0.2) is 0 Å².